The Labute approximate surface area is 117 Å². The lowest BCUT2D eigenvalue weighted by Crippen LogP contribution is -2.24. The van der Waals surface area contributed by atoms with Crippen molar-refractivity contribution in [2.24, 2.45) is 5.92 Å². The molecule has 96 valence electrons. The van der Waals surface area contributed by atoms with Crippen molar-refractivity contribution in [3.63, 3.8) is 0 Å². The molecule has 0 aliphatic heterocycles. The Balaban J connectivity index is 2.13. The standard InChI is InChI=1S/C14H15Cl2NO/c15-11-6-12(16)8-13(7-11)18-14-5-3-1-2-4-10(14)9-17/h6-8,10,14H,1-5H2. The van der Waals surface area contributed by atoms with Gasteiger partial charge in [-0.3, -0.25) is 0 Å². The largest absolute Gasteiger partial charge is 0.489 e. The Kier molecular flexibility index (Phi) is 4.74. The molecule has 1 aromatic carbocycles. The van der Waals surface area contributed by atoms with E-state index in [2.05, 4.69) is 6.07 Å². The number of ether oxygens (including phenoxy) is 1. The molecule has 1 aliphatic rings. The highest BCUT2D eigenvalue weighted by molar-refractivity contribution is 6.34. The number of hydrogen-bond acceptors (Lipinski definition) is 2. The molecule has 0 saturated heterocycles. The van der Waals surface area contributed by atoms with Crippen molar-refractivity contribution < 1.29 is 4.74 Å². The lowest BCUT2D eigenvalue weighted by atomic mass is 9.99. The van der Waals surface area contributed by atoms with Crippen LogP contribution in [0.15, 0.2) is 18.2 Å². The SMILES string of the molecule is N#CC1CCCCCC1Oc1cc(Cl)cc(Cl)c1. The molecule has 2 rings (SSSR count). The zero-order valence-electron chi connectivity index (χ0n) is 10.0. The minimum Gasteiger partial charge on any atom is -0.489 e. The van der Waals surface area contributed by atoms with Crippen LogP contribution in [-0.2, 0) is 0 Å². The maximum Gasteiger partial charge on any atom is 0.122 e. The van der Waals surface area contributed by atoms with Crippen molar-refractivity contribution >= 4 is 23.2 Å². The lowest BCUT2D eigenvalue weighted by Gasteiger charge is -2.21. The average molecular weight is 284 g/mol. The van der Waals surface area contributed by atoms with Gasteiger partial charge in [-0.15, -0.1) is 0 Å². The van der Waals surface area contributed by atoms with Crippen molar-refractivity contribution in [2.75, 3.05) is 0 Å². The van der Waals surface area contributed by atoms with E-state index in [9.17, 15) is 5.26 Å². The second-order valence-corrected chi connectivity index (χ2v) is 5.51. The minimum absolute atomic E-state index is 0.0368. The molecule has 2 nitrogen and oxygen atoms in total. The molecule has 0 N–H and O–H groups in total. The minimum atomic E-state index is -0.0490. The molecule has 4 heteroatoms. The van der Waals surface area contributed by atoms with E-state index < -0.39 is 0 Å². The topological polar surface area (TPSA) is 33.0 Å². The molecule has 2 atom stereocenters. The van der Waals surface area contributed by atoms with Gasteiger partial charge in [0.25, 0.3) is 0 Å². The highest BCUT2D eigenvalue weighted by Gasteiger charge is 2.25. The Morgan fingerprint density at radius 3 is 2.39 bits per heavy atom. The van der Waals surface area contributed by atoms with Crippen LogP contribution in [-0.4, -0.2) is 6.10 Å². The molecule has 1 aliphatic carbocycles. The van der Waals surface area contributed by atoms with Gasteiger partial charge in [-0.25, -0.2) is 0 Å². The second-order valence-electron chi connectivity index (χ2n) is 4.64. The molecule has 1 saturated carbocycles. The summed E-state index contributed by atoms with van der Waals surface area (Å²) >= 11 is 11.9. The number of nitrogens with zero attached hydrogens (tertiary/aromatic N) is 1. The predicted octanol–water partition coefficient (Wildman–Crippen LogP) is 4.84. The third-order valence-corrected chi connectivity index (χ3v) is 3.68. The Morgan fingerprint density at radius 1 is 1.06 bits per heavy atom. The van der Waals surface area contributed by atoms with Gasteiger partial charge in [-0.05, 0) is 37.5 Å². The Bertz CT molecular complexity index is 435. The molecular weight excluding hydrogens is 269 g/mol. The average Bonchev–Trinajstić information content (AvgIpc) is 2.52. The van der Waals surface area contributed by atoms with Crippen LogP contribution in [0.25, 0.3) is 0 Å². The van der Waals surface area contributed by atoms with Crippen LogP contribution in [0.5, 0.6) is 5.75 Å². The number of rotatable bonds is 2. The first-order valence-corrected chi connectivity index (χ1v) is 6.97. The van der Waals surface area contributed by atoms with Gasteiger partial charge in [-0.1, -0.05) is 36.0 Å². The Hall–Kier alpha value is -0.910. The molecule has 0 bridgehead atoms. The summed E-state index contributed by atoms with van der Waals surface area (Å²) < 4.78 is 5.91. The van der Waals surface area contributed by atoms with Crippen LogP contribution in [0.1, 0.15) is 32.1 Å². The first kappa shape index (κ1) is 13.5. The molecule has 1 fully saturated rings. The number of halogens is 2. The third kappa shape index (κ3) is 3.54. The number of hydrogen-bond donors (Lipinski definition) is 0. The van der Waals surface area contributed by atoms with Crippen molar-refractivity contribution in [1.82, 2.24) is 0 Å². The summed E-state index contributed by atoms with van der Waals surface area (Å²) in [6.07, 6.45) is 5.17. The van der Waals surface area contributed by atoms with Gasteiger partial charge in [0, 0.05) is 10.0 Å². The molecular formula is C14H15Cl2NO. The summed E-state index contributed by atoms with van der Waals surface area (Å²) in [4.78, 5) is 0. The van der Waals surface area contributed by atoms with Crippen molar-refractivity contribution in [1.29, 1.82) is 5.26 Å². The fraction of sp³-hybridized carbons (Fsp3) is 0.500. The zero-order valence-corrected chi connectivity index (χ0v) is 11.5. The maximum absolute atomic E-state index is 9.19. The zero-order chi connectivity index (χ0) is 13.0. The second kappa shape index (κ2) is 6.31. The van der Waals surface area contributed by atoms with Gasteiger partial charge in [0.15, 0.2) is 0 Å². The van der Waals surface area contributed by atoms with Gasteiger partial charge in [0.1, 0.15) is 11.9 Å². The molecule has 0 aromatic heterocycles. The van der Waals surface area contributed by atoms with Gasteiger partial charge >= 0.3 is 0 Å². The molecule has 1 aromatic rings. The summed E-state index contributed by atoms with van der Waals surface area (Å²) in [5.41, 5.74) is 0. The first-order valence-electron chi connectivity index (χ1n) is 6.21. The van der Waals surface area contributed by atoms with Crippen LogP contribution < -0.4 is 4.74 Å². The van der Waals surface area contributed by atoms with E-state index in [4.69, 9.17) is 27.9 Å². The van der Waals surface area contributed by atoms with Crippen LogP contribution in [0, 0.1) is 17.2 Å². The summed E-state index contributed by atoms with van der Waals surface area (Å²) in [5, 5.41) is 10.3. The van der Waals surface area contributed by atoms with Crippen molar-refractivity contribution in [3.8, 4) is 11.8 Å². The molecule has 0 spiro atoms. The summed E-state index contributed by atoms with van der Waals surface area (Å²) in [6, 6.07) is 7.51. The fourth-order valence-corrected chi connectivity index (χ4v) is 2.84. The van der Waals surface area contributed by atoms with Crippen LogP contribution in [0.4, 0.5) is 0 Å². The van der Waals surface area contributed by atoms with Gasteiger partial charge in [0.05, 0.1) is 12.0 Å². The van der Waals surface area contributed by atoms with E-state index in [0.717, 1.165) is 25.7 Å². The number of benzene rings is 1. The lowest BCUT2D eigenvalue weighted by molar-refractivity contribution is 0.152. The molecule has 18 heavy (non-hydrogen) atoms. The Morgan fingerprint density at radius 2 is 1.72 bits per heavy atom. The van der Waals surface area contributed by atoms with E-state index in [1.54, 1.807) is 18.2 Å². The predicted molar refractivity (Wildman–Crippen MR) is 73.1 cm³/mol. The van der Waals surface area contributed by atoms with E-state index in [-0.39, 0.29) is 12.0 Å². The summed E-state index contributed by atoms with van der Waals surface area (Å²) in [7, 11) is 0. The van der Waals surface area contributed by atoms with Crippen LogP contribution in [0.3, 0.4) is 0 Å². The van der Waals surface area contributed by atoms with Crippen LogP contribution in [0.2, 0.25) is 10.0 Å². The monoisotopic (exact) mass is 283 g/mol. The first-order chi connectivity index (χ1) is 8.69. The van der Waals surface area contributed by atoms with Crippen LogP contribution >= 0.6 is 23.2 Å². The maximum atomic E-state index is 9.19. The number of nitriles is 1. The molecule has 2 unspecified atom stereocenters. The van der Waals surface area contributed by atoms with Crippen molar-refractivity contribution in [2.45, 2.75) is 38.2 Å². The molecule has 0 radical (unpaired) electrons. The van der Waals surface area contributed by atoms with Gasteiger partial charge < -0.3 is 4.74 Å². The van der Waals surface area contributed by atoms with Crippen molar-refractivity contribution in [3.05, 3.63) is 28.2 Å². The van der Waals surface area contributed by atoms with Gasteiger partial charge in [-0.2, -0.15) is 5.26 Å². The van der Waals surface area contributed by atoms with Gasteiger partial charge in [0.2, 0.25) is 0 Å². The third-order valence-electron chi connectivity index (χ3n) is 3.24. The summed E-state index contributed by atoms with van der Waals surface area (Å²) in [6.45, 7) is 0. The normalized spacial score (nSPS) is 24.1. The summed E-state index contributed by atoms with van der Waals surface area (Å²) in [5.74, 6) is 0.616. The highest BCUT2D eigenvalue weighted by atomic mass is 35.5. The highest BCUT2D eigenvalue weighted by Crippen LogP contribution is 2.30. The smallest absolute Gasteiger partial charge is 0.122 e. The van der Waals surface area contributed by atoms with E-state index in [1.165, 1.54) is 6.42 Å². The van der Waals surface area contributed by atoms with E-state index in [1.807, 2.05) is 0 Å². The fourth-order valence-electron chi connectivity index (χ4n) is 2.33. The quantitative estimate of drug-likeness (QED) is 0.728. The molecule has 0 heterocycles. The van der Waals surface area contributed by atoms with E-state index in [0.29, 0.717) is 15.8 Å². The molecule has 0 amide bonds. The van der Waals surface area contributed by atoms with E-state index >= 15 is 0 Å².